The Kier molecular flexibility index (Phi) is 14.5. The zero-order valence-corrected chi connectivity index (χ0v) is 30.2. The number of ether oxygens (including phenoxy) is 4. The van der Waals surface area contributed by atoms with E-state index in [-0.39, 0.29) is 5.41 Å². The van der Waals surface area contributed by atoms with Gasteiger partial charge in [-0.15, -0.1) is 0 Å². The topological polar surface area (TPSA) is 46.8 Å². The lowest BCUT2D eigenvalue weighted by molar-refractivity contribution is -0.941. The summed E-state index contributed by atoms with van der Waals surface area (Å²) in [6.45, 7) is 15.4. The second-order valence-corrected chi connectivity index (χ2v) is 15.2. The lowest BCUT2D eigenvalue weighted by Crippen LogP contribution is -2.49. The molecule has 0 aliphatic carbocycles. The first kappa shape index (κ1) is 36.4. The summed E-state index contributed by atoms with van der Waals surface area (Å²) in [6, 6.07) is 18.3. The van der Waals surface area contributed by atoms with E-state index in [2.05, 4.69) is 69.3 Å². The first-order valence-electron chi connectivity index (χ1n) is 19.6. The van der Waals surface area contributed by atoms with E-state index in [4.69, 9.17) is 18.9 Å². The second-order valence-electron chi connectivity index (χ2n) is 15.2. The van der Waals surface area contributed by atoms with Crippen molar-refractivity contribution in [2.45, 2.75) is 154 Å². The third-order valence-corrected chi connectivity index (χ3v) is 10.9. The Morgan fingerprint density at radius 3 is 1.40 bits per heavy atom. The average molecular weight is 649 g/mol. The van der Waals surface area contributed by atoms with Gasteiger partial charge in [0.25, 0.3) is 0 Å². The van der Waals surface area contributed by atoms with Gasteiger partial charge >= 0.3 is 0 Å². The van der Waals surface area contributed by atoms with E-state index in [9.17, 15) is 0 Å². The van der Waals surface area contributed by atoms with Crippen LogP contribution in [0.15, 0.2) is 48.5 Å². The summed E-state index contributed by atoms with van der Waals surface area (Å²) in [7, 11) is 0. The van der Waals surface area contributed by atoms with Gasteiger partial charge in [0.15, 0.2) is 0 Å². The smallest absolute Gasteiger partial charge is 0.119 e. The van der Waals surface area contributed by atoms with E-state index in [0.29, 0.717) is 24.9 Å². The molecule has 3 aliphatic heterocycles. The minimum Gasteiger partial charge on any atom is -0.489 e. The van der Waals surface area contributed by atoms with Gasteiger partial charge in [-0.1, -0.05) is 95.7 Å². The summed E-state index contributed by atoms with van der Waals surface area (Å²) >= 11 is 0. The Balaban J connectivity index is 1.19. The molecule has 5 nitrogen and oxygen atoms in total. The maximum Gasteiger partial charge on any atom is 0.119 e. The lowest BCUT2D eigenvalue weighted by atomic mass is 9.70. The van der Waals surface area contributed by atoms with E-state index in [1.165, 1.54) is 124 Å². The van der Waals surface area contributed by atoms with Crippen LogP contribution in [0.1, 0.15) is 134 Å². The summed E-state index contributed by atoms with van der Waals surface area (Å²) in [5.41, 5.74) is 4.14. The molecule has 47 heavy (non-hydrogen) atoms. The van der Waals surface area contributed by atoms with Crippen molar-refractivity contribution in [1.29, 1.82) is 0 Å². The van der Waals surface area contributed by atoms with Crippen LogP contribution in [0.3, 0.4) is 0 Å². The molecule has 3 saturated heterocycles. The summed E-state index contributed by atoms with van der Waals surface area (Å²) < 4.78 is 24.7. The van der Waals surface area contributed by atoms with Crippen molar-refractivity contribution in [2.24, 2.45) is 0 Å². The average Bonchev–Trinajstić information content (AvgIpc) is 3.93. The Morgan fingerprint density at radius 2 is 1.00 bits per heavy atom. The summed E-state index contributed by atoms with van der Waals surface area (Å²) in [5, 5.41) is 0. The maximum atomic E-state index is 6.33. The predicted octanol–water partition coefficient (Wildman–Crippen LogP) is 9.93. The number of epoxide rings is 3. The number of quaternary nitrogens is 1. The zero-order valence-electron chi connectivity index (χ0n) is 30.2. The maximum absolute atomic E-state index is 6.33. The summed E-state index contributed by atoms with van der Waals surface area (Å²) in [4.78, 5) is 0. The molecule has 3 fully saturated rings. The molecule has 0 amide bonds. The SMILES string of the molecule is CCCCCC[N+](CCCCCC)(CCCCCC)Cc1ccc(COc2ccc(C(CC3CO3)(CC3CO3)CC3CO3)cc2)cc1. The monoisotopic (exact) mass is 648 g/mol. The Morgan fingerprint density at radius 1 is 0.574 bits per heavy atom. The van der Waals surface area contributed by atoms with Gasteiger partial charge < -0.3 is 23.4 Å². The highest BCUT2D eigenvalue weighted by Gasteiger charge is 2.47. The molecule has 262 valence electrons. The van der Waals surface area contributed by atoms with Crippen LogP contribution in [0, 0.1) is 0 Å². The number of nitrogens with zero attached hydrogens (tertiary/aromatic N) is 1. The second kappa shape index (κ2) is 18.7. The Labute approximate surface area is 287 Å². The van der Waals surface area contributed by atoms with Gasteiger partial charge in [-0.25, -0.2) is 0 Å². The lowest BCUT2D eigenvalue weighted by Gasteiger charge is -2.39. The zero-order chi connectivity index (χ0) is 32.8. The first-order chi connectivity index (χ1) is 23.0. The summed E-state index contributed by atoms with van der Waals surface area (Å²) in [5.74, 6) is 0.932. The van der Waals surface area contributed by atoms with Crippen LogP contribution in [0.2, 0.25) is 0 Å². The molecule has 2 aromatic rings. The van der Waals surface area contributed by atoms with Gasteiger partial charge in [0.2, 0.25) is 0 Å². The highest BCUT2D eigenvalue weighted by atomic mass is 16.6. The largest absolute Gasteiger partial charge is 0.489 e. The van der Waals surface area contributed by atoms with Crippen LogP contribution < -0.4 is 4.74 Å². The Bertz CT molecular complexity index is 1070. The number of rotatable bonds is 27. The first-order valence-corrected chi connectivity index (χ1v) is 19.6. The van der Waals surface area contributed by atoms with Crippen LogP contribution in [0.25, 0.3) is 0 Å². The molecule has 3 unspecified atom stereocenters. The van der Waals surface area contributed by atoms with E-state index >= 15 is 0 Å². The van der Waals surface area contributed by atoms with E-state index in [1.807, 2.05) is 0 Å². The molecule has 3 aliphatic rings. The molecule has 0 radical (unpaired) electrons. The molecular weight excluding hydrogens is 582 g/mol. The molecule has 0 bridgehead atoms. The van der Waals surface area contributed by atoms with Crippen molar-refractivity contribution >= 4 is 0 Å². The fourth-order valence-electron chi connectivity index (χ4n) is 7.86. The third-order valence-electron chi connectivity index (χ3n) is 10.9. The fourth-order valence-corrected chi connectivity index (χ4v) is 7.86. The number of hydrogen-bond acceptors (Lipinski definition) is 4. The summed E-state index contributed by atoms with van der Waals surface area (Å²) in [6.07, 6.45) is 20.5. The van der Waals surface area contributed by atoms with Gasteiger partial charge in [-0.05, 0) is 81.0 Å². The van der Waals surface area contributed by atoms with Crippen LogP contribution >= 0.6 is 0 Å². The van der Waals surface area contributed by atoms with Gasteiger partial charge in [0.1, 0.15) is 18.9 Å². The van der Waals surface area contributed by atoms with Crippen molar-refractivity contribution < 1.29 is 23.4 Å². The molecule has 3 atom stereocenters. The van der Waals surface area contributed by atoms with Crippen LogP contribution in [-0.2, 0) is 32.8 Å². The molecule has 5 rings (SSSR count). The van der Waals surface area contributed by atoms with Crippen molar-refractivity contribution in [3.63, 3.8) is 0 Å². The number of hydrogen-bond donors (Lipinski definition) is 0. The van der Waals surface area contributed by atoms with E-state index in [1.54, 1.807) is 0 Å². The van der Waals surface area contributed by atoms with Gasteiger partial charge in [0, 0.05) is 11.0 Å². The molecule has 0 spiro atoms. The minimum absolute atomic E-state index is 0.0492. The molecule has 0 N–H and O–H groups in total. The minimum atomic E-state index is 0.0492. The number of unbranched alkanes of at least 4 members (excludes halogenated alkanes) is 9. The molecule has 0 aromatic heterocycles. The quantitative estimate of drug-likeness (QED) is 0.0550. The molecule has 5 heteroatoms. The standard InChI is InChI=1S/C42H66NO4/c1-4-7-10-13-24-43(25-14-11-8-5-2,26-15-12-9-6-3)30-35-16-18-36(19-17-35)31-44-38-22-20-37(21-23-38)42(27-39-32-45-39,28-40-33-46-40)29-41-34-47-41/h16-23,39-41H,4-15,24-34H2,1-3H3/q+1. The Hall–Kier alpha value is -1.92. The molecule has 3 heterocycles. The van der Waals surface area contributed by atoms with Crippen LogP contribution in [0.5, 0.6) is 5.75 Å². The van der Waals surface area contributed by atoms with Gasteiger partial charge in [0.05, 0.1) is 57.8 Å². The normalized spacial score (nSPS) is 21.4. The molecular formula is C42H66NO4+. The van der Waals surface area contributed by atoms with Crippen molar-refractivity contribution in [3.05, 3.63) is 65.2 Å². The van der Waals surface area contributed by atoms with Gasteiger partial charge in [-0.3, -0.25) is 0 Å². The van der Waals surface area contributed by atoms with E-state index in [0.717, 1.165) is 44.8 Å². The third kappa shape index (κ3) is 12.5. The van der Waals surface area contributed by atoms with Crippen LogP contribution in [0.4, 0.5) is 0 Å². The highest BCUT2D eigenvalue weighted by molar-refractivity contribution is 5.34. The number of benzene rings is 2. The van der Waals surface area contributed by atoms with Crippen LogP contribution in [-0.4, -0.2) is 62.2 Å². The molecule has 0 saturated carbocycles. The van der Waals surface area contributed by atoms with Crippen molar-refractivity contribution in [2.75, 3.05) is 39.5 Å². The highest BCUT2D eigenvalue weighted by Crippen LogP contribution is 2.46. The predicted molar refractivity (Wildman–Crippen MR) is 193 cm³/mol. The van der Waals surface area contributed by atoms with Gasteiger partial charge in [-0.2, -0.15) is 0 Å². The fraction of sp³-hybridized carbons (Fsp3) is 0.714. The molecule has 2 aromatic carbocycles. The van der Waals surface area contributed by atoms with E-state index < -0.39 is 0 Å². The van der Waals surface area contributed by atoms with Crippen molar-refractivity contribution in [1.82, 2.24) is 0 Å². The van der Waals surface area contributed by atoms with Crippen molar-refractivity contribution in [3.8, 4) is 5.75 Å².